The lowest BCUT2D eigenvalue weighted by atomic mass is 10.1. The van der Waals surface area contributed by atoms with E-state index in [0.717, 1.165) is 21.3 Å². The summed E-state index contributed by atoms with van der Waals surface area (Å²) in [5.74, 6) is 0. The van der Waals surface area contributed by atoms with Crippen molar-refractivity contribution in [3.8, 4) is 11.3 Å². The molecule has 30 heavy (non-hydrogen) atoms. The van der Waals surface area contributed by atoms with Gasteiger partial charge in [0.15, 0.2) is 0 Å². The van der Waals surface area contributed by atoms with Crippen molar-refractivity contribution >= 4 is 50.3 Å². The van der Waals surface area contributed by atoms with E-state index in [9.17, 15) is 10.1 Å². The Morgan fingerprint density at radius 2 is 1.97 bits per heavy atom. The molecule has 1 aromatic heterocycles. The molecule has 3 aromatic rings. The summed E-state index contributed by atoms with van der Waals surface area (Å²) < 4.78 is 2.74. The van der Waals surface area contributed by atoms with E-state index in [2.05, 4.69) is 27.5 Å². The number of halogens is 2. The molecule has 0 saturated heterocycles. The maximum atomic E-state index is 11.2. The number of aromatic nitrogens is 1. The van der Waals surface area contributed by atoms with Gasteiger partial charge in [0.05, 0.1) is 22.9 Å². The Bertz CT molecular complexity index is 1210. The molecule has 0 saturated carbocycles. The van der Waals surface area contributed by atoms with Crippen LogP contribution in [-0.2, 0) is 0 Å². The molecule has 0 radical (unpaired) electrons. The number of nitro benzene ring substituents is 1. The topological polar surface area (TPSA) is 72.8 Å². The van der Waals surface area contributed by atoms with Gasteiger partial charge in [-0.2, -0.15) is 5.10 Å². The van der Waals surface area contributed by atoms with Crippen LogP contribution in [0.3, 0.4) is 0 Å². The Labute approximate surface area is 191 Å². The number of hydrogen-bond acceptors (Lipinski definition) is 5. The van der Waals surface area contributed by atoms with Crippen LogP contribution in [0.15, 0.2) is 74.6 Å². The molecule has 154 valence electrons. The highest BCUT2D eigenvalue weighted by Gasteiger charge is 2.15. The van der Waals surface area contributed by atoms with E-state index < -0.39 is 4.92 Å². The van der Waals surface area contributed by atoms with Gasteiger partial charge in [0.25, 0.3) is 5.69 Å². The molecular formula is C21H18BrClN4O2S. The van der Waals surface area contributed by atoms with E-state index in [1.165, 1.54) is 23.5 Å². The highest BCUT2D eigenvalue weighted by Crippen LogP contribution is 2.26. The number of nitro groups is 1. The minimum Gasteiger partial charge on any atom is -0.258 e. The average Bonchev–Trinajstić information content (AvgIpc) is 3.09. The molecule has 6 nitrogen and oxygen atoms in total. The second-order valence-electron chi connectivity index (χ2n) is 6.60. The van der Waals surface area contributed by atoms with Crippen LogP contribution in [0.5, 0.6) is 0 Å². The number of benzene rings is 2. The minimum absolute atomic E-state index is 0.0902. The van der Waals surface area contributed by atoms with Crippen molar-refractivity contribution in [1.82, 2.24) is 4.68 Å². The fraction of sp³-hybridized carbons (Fsp3) is 0.143. The Balaban J connectivity index is 2.15. The Hall–Kier alpha value is -2.55. The molecule has 0 N–H and O–H groups in total. The summed E-state index contributed by atoms with van der Waals surface area (Å²) in [6, 6.07) is 12.5. The van der Waals surface area contributed by atoms with E-state index >= 15 is 0 Å². The highest BCUT2D eigenvalue weighted by atomic mass is 79.9. The first-order valence-electron chi connectivity index (χ1n) is 8.87. The molecule has 0 unspecified atom stereocenters. The third-order valence-corrected chi connectivity index (χ3v) is 5.82. The molecular weight excluding hydrogens is 488 g/mol. The van der Waals surface area contributed by atoms with Crippen LogP contribution < -0.4 is 4.80 Å². The van der Waals surface area contributed by atoms with Crippen molar-refractivity contribution in [2.24, 2.45) is 10.1 Å². The standard InChI is InChI=1S/C21H18BrClN4O2S/c1-13(2)11-24-21-26(20(12-30-21)15-4-7-17(22)8-5-15)25-14(3)16-6-9-18(23)19(10-16)27(28)29/h4-10,12H,1,11H2,2-3H3. The van der Waals surface area contributed by atoms with Crippen molar-refractivity contribution in [3.63, 3.8) is 0 Å². The lowest BCUT2D eigenvalue weighted by molar-refractivity contribution is -0.384. The van der Waals surface area contributed by atoms with Crippen LogP contribution in [0.2, 0.25) is 5.02 Å². The van der Waals surface area contributed by atoms with Gasteiger partial charge in [0, 0.05) is 27.0 Å². The number of hydrogen-bond donors (Lipinski definition) is 0. The summed E-state index contributed by atoms with van der Waals surface area (Å²) in [6.45, 7) is 8.10. The zero-order valence-corrected chi connectivity index (χ0v) is 19.5. The predicted molar refractivity (Wildman–Crippen MR) is 126 cm³/mol. The summed E-state index contributed by atoms with van der Waals surface area (Å²) in [6.07, 6.45) is 0. The Morgan fingerprint density at radius 3 is 2.60 bits per heavy atom. The zero-order chi connectivity index (χ0) is 21.8. The summed E-state index contributed by atoms with van der Waals surface area (Å²) in [4.78, 5) is 16.1. The van der Waals surface area contributed by atoms with Crippen molar-refractivity contribution in [2.45, 2.75) is 13.8 Å². The first-order chi connectivity index (χ1) is 14.3. The van der Waals surface area contributed by atoms with Gasteiger partial charge in [0.1, 0.15) is 5.02 Å². The van der Waals surface area contributed by atoms with Gasteiger partial charge in [0.2, 0.25) is 4.80 Å². The van der Waals surface area contributed by atoms with Crippen LogP contribution in [0, 0.1) is 10.1 Å². The van der Waals surface area contributed by atoms with E-state index in [1.54, 1.807) is 17.7 Å². The smallest absolute Gasteiger partial charge is 0.258 e. The summed E-state index contributed by atoms with van der Waals surface area (Å²) in [5.41, 5.74) is 3.84. The van der Waals surface area contributed by atoms with Gasteiger partial charge >= 0.3 is 0 Å². The fourth-order valence-corrected chi connectivity index (χ4v) is 3.89. The lowest BCUT2D eigenvalue weighted by Crippen LogP contribution is -2.15. The predicted octanol–water partition coefficient (Wildman–Crippen LogP) is 6.29. The highest BCUT2D eigenvalue weighted by molar-refractivity contribution is 9.10. The van der Waals surface area contributed by atoms with Gasteiger partial charge in [-0.05, 0) is 32.0 Å². The first-order valence-corrected chi connectivity index (χ1v) is 10.9. The Kier molecular flexibility index (Phi) is 7.02. The molecule has 0 aliphatic heterocycles. The van der Waals surface area contributed by atoms with Crippen molar-refractivity contribution in [1.29, 1.82) is 0 Å². The summed E-state index contributed by atoms with van der Waals surface area (Å²) in [5, 5.41) is 18.1. The van der Waals surface area contributed by atoms with E-state index in [0.29, 0.717) is 22.6 Å². The third-order valence-electron chi connectivity index (χ3n) is 4.12. The van der Waals surface area contributed by atoms with Crippen LogP contribution in [0.4, 0.5) is 5.69 Å². The summed E-state index contributed by atoms with van der Waals surface area (Å²) in [7, 11) is 0. The molecule has 0 aliphatic rings. The quantitative estimate of drug-likeness (QED) is 0.171. The van der Waals surface area contributed by atoms with E-state index in [-0.39, 0.29) is 10.7 Å². The van der Waals surface area contributed by atoms with Gasteiger partial charge in [-0.25, -0.2) is 4.68 Å². The molecule has 1 heterocycles. The molecule has 0 amide bonds. The van der Waals surface area contributed by atoms with E-state index in [1.807, 2.05) is 36.6 Å². The van der Waals surface area contributed by atoms with Crippen molar-refractivity contribution in [3.05, 3.63) is 90.0 Å². The molecule has 0 fully saturated rings. The number of thiazole rings is 1. The molecule has 3 rings (SSSR count). The van der Waals surface area contributed by atoms with Crippen LogP contribution in [0.25, 0.3) is 11.3 Å². The van der Waals surface area contributed by atoms with Crippen LogP contribution in [0.1, 0.15) is 19.4 Å². The second-order valence-corrected chi connectivity index (χ2v) is 8.76. The van der Waals surface area contributed by atoms with E-state index in [4.69, 9.17) is 16.7 Å². The van der Waals surface area contributed by atoms with Gasteiger partial charge in [-0.3, -0.25) is 15.1 Å². The molecule has 2 aromatic carbocycles. The molecule has 0 spiro atoms. The Morgan fingerprint density at radius 1 is 1.27 bits per heavy atom. The molecule has 0 aliphatic carbocycles. The van der Waals surface area contributed by atoms with Gasteiger partial charge < -0.3 is 0 Å². The lowest BCUT2D eigenvalue weighted by Gasteiger charge is -2.07. The fourth-order valence-electron chi connectivity index (χ4n) is 2.61. The SMILES string of the molecule is C=C(C)CN=c1scc(-c2ccc(Br)cc2)n1N=C(C)c1ccc(Cl)c([N+](=O)[O-])c1. The van der Waals surface area contributed by atoms with Crippen molar-refractivity contribution in [2.75, 3.05) is 6.54 Å². The van der Waals surface area contributed by atoms with Crippen LogP contribution in [-0.4, -0.2) is 21.9 Å². The monoisotopic (exact) mass is 504 g/mol. The third kappa shape index (κ3) is 5.13. The maximum absolute atomic E-state index is 11.2. The van der Waals surface area contributed by atoms with Gasteiger partial charge in [-0.15, -0.1) is 11.3 Å². The average molecular weight is 506 g/mol. The second kappa shape index (κ2) is 9.51. The first kappa shape index (κ1) is 22.1. The normalized spacial score (nSPS) is 12.3. The molecule has 0 atom stereocenters. The summed E-state index contributed by atoms with van der Waals surface area (Å²) >= 11 is 10.9. The van der Waals surface area contributed by atoms with Gasteiger partial charge in [-0.1, -0.05) is 57.9 Å². The van der Waals surface area contributed by atoms with Crippen LogP contribution >= 0.6 is 38.9 Å². The molecule has 9 heteroatoms. The zero-order valence-electron chi connectivity index (χ0n) is 16.3. The largest absolute Gasteiger partial charge is 0.288 e. The minimum atomic E-state index is -0.502. The number of nitrogens with zero attached hydrogens (tertiary/aromatic N) is 4. The maximum Gasteiger partial charge on any atom is 0.288 e. The number of rotatable bonds is 6. The van der Waals surface area contributed by atoms with Crippen molar-refractivity contribution < 1.29 is 4.92 Å². The molecule has 0 bridgehead atoms.